The Labute approximate surface area is 173 Å². The number of H-pyrrole nitrogens is 2. The average molecular weight is 482 g/mol. The van der Waals surface area contributed by atoms with E-state index in [0.717, 1.165) is 16.6 Å². The van der Waals surface area contributed by atoms with Gasteiger partial charge in [0.2, 0.25) is 10.0 Å². The first-order chi connectivity index (χ1) is 13.3. The summed E-state index contributed by atoms with van der Waals surface area (Å²) in [4.78, 5) is 16.9. The minimum Gasteiger partial charge on any atom is -0.342 e. The molecule has 28 heavy (non-hydrogen) atoms. The number of halogens is 2. The van der Waals surface area contributed by atoms with Gasteiger partial charge >= 0.3 is 5.69 Å². The van der Waals surface area contributed by atoms with E-state index in [1.807, 2.05) is 24.3 Å². The third kappa shape index (κ3) is 2.73. The van der Waals surface area contributed by atoms with Crippen molar-refractivity contribution in [3.63, 3.8) is 0 Å². The standard InChI is InChI=1S/C18H14BrClN4O3S/c19-13-7-14-15(22-18(25)21-14)8-17(13)28(26,27)23-3-4-24-12(9-23)6-10-5-11(20)1-2-16(10)24/h1-2,5-8H,3-4,9H2,(H2,21,22,25). The van der Waals surface area contributed by atoms with E-state index in [1.54, 1.807) is 6.07 Å². The van der Waals surface area contributed by atoms with Crippen molar-refractivity contribution < 1.29 is 8.42 Å². The highest BCUT2D eigenvalue weighted by Crippen LogP contribution is 2.32. The summed E-state index contributed by atoms with van der Waals surface area (Å²) in [5.74, 6) is 0. The van der Waals surface area contributed by atoms with E-state index < -0.39 is 10.0 Å². The molecule has 2 N–H and O–H groups in total. The van der Waals surface area contributed by atoms with E-state index in [9.17, 15) is 13.2 Å². The summed E-state index contributed by atoms with van der Waals surface area (Å²) in [6.07, 6.45) is 0. The lowest BCUT2D eigenvalue weighted by Gasteiger charge is -2.28. The zero-order valence-electron chi connectivity index (χ0n) is 14.4. The first-order valence-electron chi connectivity index (χ1n) is 8.52. The van der Waals surface area contributed by atoms with Crippen LogP contribution in [0.4, 0.5) is 0 Å². The molecule has 0 saturated carbocycles. The number of rotatable bonds is 2. The van der Waals surface area contributed by atoms with Crippen LogP contribution in [0.2, 0.25) is 5.02 Å². The molecule has 0 fully saturated rings. The Hall–Kier alpha value is -2.07. The number of sulfonamides is 1. The second-order valence-electron chi connectivity index (χ2n) is 6.74. The fourth-order valence-corrected chi connectivity index (χ4v) is 6.36. The van der Waals surface area contributed by atoms with Gasteiger partial charge in [-0.2, -0.15) is 4.31 Å². The van der Waals surface area contributed by atoms with Crippen molar-refractivity contribution in [3.05, 3.63) is 62.1 Å². The predicted molar refractivity (Wildman–Crippen MR) is 111 cm³/mol. The molecule has 0 atom stereocenters. The largest absolute Gasteiger partial charge is 0.342 e. The summed E-state index contributed by atoms with van der Waals surface area (Å²) in [7, 11) is -3.75. The molecule has 7 nitrogen and oxygen atoms in total. The van der Waals surface area contributed by atoms with Crippen LogP contribution < -0.4 is 5.69 Å². The number of aromatic nitrogens is 3. The lowest BCUT2D eigenvalue weighted by Crippen LogP contribution is -2.38. The van der Waals surface area contributed by atoms with Gasteiger partial charge in [-0.25, -0.2) is 13.2 Å². The molecule has 0 amide bonds. The van der Waals surface area contributed by atoms with Crippen LogP contribution in [0.15, 0.2) is 50.6 Å². The van der Waals surface area contributed by atoms with Gasteiger partial charge in [0, 0.05) is 39.2 Å². The Morgan fingerprint density at radius 3 is 2.57 bits per heavy atom. The Balaban J connectivity index is 1.57. The Morgan fingerprint density at radius 1 is 1.04 bits per heavy atom. The van der Waals surface area contributed by atoms with Gasteiger partial charge in [0.1, 0.15) is 0 Å². The van der Waals surface area contributed by atoms with E-state index in [4.69, 9.17) is 11.6 Å². The second-order valence-corrected chi connectivity index (χ2v) is 9.93. The number of aromatic amines is 2. The minimum absolute atomic E-state index is 0.128. The zero-order chi connectivity index (χ0) is 19.6. The number of nitrogens with zero attached hydrogens (tertiary/aromatic N) is 2. The Bertz CT molecular complexity index is 1420. The molecule has 3 heterocycles. The minimum atomic E-state index is -3.75. The average Bonchev–Trinajstić information content (AvgIpc) is 3.18. The van der Waals surface area contributed by atoms with Crippen LogP contribution in [-0.2, 0) is 23.1 Å². The summed E-state index contributed by atoms with van der Waals surface area (Å²) in [6, 6.07) is 10.7. The SMILES string of the molecule is O=c1[nH]c2cc(Br)c(S(=O)(=O)N3CCn4c(cc5cc(Cl)ccc54)C3)cc2[nH]1. The monoisotopic (exact) mass is 480 g/mol. The first-order valence-corrected chi connectivity index (χ1v) is 11.1. The maximum Gasteiger partial charge on any atom is 0.323 e. The summed E-state index contributed by atoms with van der Waals surface area (Å²) in [5, 5.41) is 1.65. The number of hydrogen-bond donors (Lipinski definition) is 2. The molecule has 0 aliphatic carbocycles. The summed E-state index contributed by atoms with van der Waals surface area (Å²) < 4.78 is 30.6. The van der Waals surface area contributed by atoms with Crippen molar-refractivity contribution >= 4 is 59.5 Å². The van der Waals surface area contributed by atoms with Crippen LogP contribution >= 0.6 is 27.5 Å². The predicted octanol–water partition coefficient (Wildman–Crippen LogP) is 3.43. The molecular weight excluding hydrogens is 468 g/mol. The third-order valence-electron chi connectivity index (χ3n) is 5.05. The van der Waals surface area contributed by atoms with Gasteiger partial charge in [-0.3, -0.25) is 0 Å². The molecule has 0 bridgehead atoms. The molecule has 0 radical (unpaired) electrons. The second kappa shape index (κ2) is 6.21. The van der Waals surface area contributed by atoms with Crippen LogP contribution in [0, 0.1) is 0 Å². The van der Waals surface area contributed by atoms with Gasteiger partial charge < -0.3 is 14.5 Å². The lowest BCUT2D eigenvalue weighted by molar-refractivity contribution is 0.345. The number of hydrogen-bond acceptors (Lipinski definition) is 3. The van der Waals surface area contributed by atoms with Gasteiger partial charge in [0.05, 0.1) is 22.5 Å². The fraction of sp³-hybridized carbons (Fsp3) is 0.167. The van der Waals surface area contributed by atoms with E-state index in [-0.39, 0.29) is 17.1 Å². The van der Waals surface area contributed by atoms with Gasteiger partial charge in [0.25, 0.3) is 0 Å². The van der Waals surface area contributed by atoms with Crippen LogP contribution in [0.3, 0.4) is 0 Å². The molecular formula is C18H14BrClN4O3S. The lowest BCUT2D eigenvalue weighted by atomic mass is 10.2. The van der Waals surface area contributed by atoms with Gasteiger partial charge in [-0.05, 0) is 52.3 Å². The molecule has 10 heteroatoms. The van der Waals surface area contributed by atoms with Crippen molar-refractivity contribution in [1.29, 1.82) is 0 Å². The normalized spacial score (nSPS) is 15.4. The summed E-state index contributed by atoms with van der Waals surface area (Å²) in [6.45, 7) is 1.18. The maximum atomic E-state index is 13.3. The molecule has 4 aromatic rings. The van der Waals surface area contributed by atoms with Crippen molar-refractivity contribution in [3.8, 4) is 0 Å². The Morgan fingerprint density at radius 2 is 1.79 bits per heavy atom. The molecule has 0 unspecified atom stereocenters. The van der Waals surface area contributed by atoms with Crippen molar-refractivity contribution in [1.82, 2.24) is 18.8 Å². The van der Waals surface area contributed by atoms with Gasteiger partial charge in [-0.15, -0.1) is 0 Å². The molecule has 1 aliphatic heterocycles. The fourth-order valence-electron chi connectivity index (χ4n) is 3.74. The molecule has 144 valence electrons. The molecule has 0 spiro atoms. The number of fused-ring (bicyclic) bond motifs is 4. The third-order valence-corrected chi connectivity index (χ3v) is 8.09. The Kier molecular flexibility index (Phi) is 3.99. The van der Waals surface area contributed by atoms with Crippen LogP contribution in [0.1, 0.15) is 5.69 Å². The molecule has 0 saturated heterocycles. The topological polar surface area (TPSA) is 91.0 Å². The highest BCUT2D eigenvalue weighted by atomic mass is 79.9. The highest BCUT2D eigenvalue weighted by molar-refractivity contribution is 9.10. The van der Waals surface area contributed by atoms with Crippen LogP contribution in [0.25, 0.3) is 21.9 Å². The van der Waals surface area contributed by atoms with Gasteiger partial charge in [0.15, 0.2) is 0 Å². The molecule has 2 aromatic carbocycles. The molecule has 1 aliphatic rings. The number of nitrogens with one attached hydrogen (secondary N) is 2. The van der Waals surface area contributed by atoms with Gasteiger partial charge in [-0.1, -0.05) is 11.6 Å². The van der Waals surface area contributed by atoms with Crippen LogP contribution in [-0.4, -0.2) is 33.8 Å². The van der Waals surface area contributed by atoms with Crippen molar-refractivity contribution in [2.75, 3.05) is 6.54 Å². The quantitative estimate of drug-likeness (QED) is 0.459. The molecule has 2 aromatic heterocycles. The van der Waals surface area contributed by atoms with E-state index in [2.05, 4.69) is 30.5 Å². The number of benzene rings is 2. The van der Waals surface area contributed by atoms with E-state index in [0.29, 0.717) is 33.6 Å². The smallest absolute Gasteiger partial charge is 0.323 e. The first kappa shape index (κ1) is 18.0. The summed E-state index contributed by atoms with van der Waals surface area (Å²) >= 11 is 9.42. The zero-order valence-corrected chi connectivity index (χ0v) is 17.5. The summed E-state index contributed by atoms with van der Waals surface area (Å²) in [5.41, 5.74) is 2.58. The van der Waals surface area contributed by atoms with E-state index >= 15 is 0 Å². The maximum absolute atomic E-state index is 13.3. The van der Waals surface area contributed by atoms with Crippen molar-refractivity contribution in [2.24, 2.45) is 0 Å². The van der Waals surface area contributed by atoms with Crippen molar-refractivity contribution in [2.45, 2.75) is 18.0 Å². The van der Waals surface area contributed by atoms with Crippen LogP contribution in [0.5, 0.6) is 0 Å². The molecule has 5 rings (SSSR count). The van der Waals surface area contributed by atoms with E-state index in [1.165, 1.54) is 10.4 Å². The number of imidazole rings is 1. The highest BCUT2D eigenvalue weighted by Gasteiger charge is 2.31.